The molecule has 0 aliphatic heterocycles. The number of oxazole rings is 1. The molecular weight excluding hydrogens is 354 g/mol. The van der Waals surface area contributed by atoms with E-state index in [2.05, 4.69) is 15.6 Å². The van der Waals surface area contributed by atoms with Crippen molar-refractivity contribution in [3.8, 4) is 11.5 Å². The van der Waals surface area contributed by atoms with Gasteiger partial charge in [0.2, 0.25) is 17.7 Å². The first-order valence-corrected chi connectivity index (χ1v) is 8.26. The van der Waals surface area contributed by atoms with Crippen molar-refractivity contribution in [3.05, 3.63) is 65.5 Å². The molecule has 0 aliphatic rings. The number of carbonyl (C=O) groups is 2. The van der Waals surface area contributed by atoms with Crippen molar-refractivity contribution in [2.45, 2.75) is 13.3 Å². The minimum absolute atomic E-state index is 0.0301. The molecule has 2 N–H and O–H groups in total. The zero-order valence-corrected chi connectivity index (χ0v) is 14.7. The highest BCUT2D eigenvalue weighted by Crippen LogP contribution is 2.26. The monoisotopic (exact) mass is 369 g/mol. The van der Waals surface area contributed by atoms with Gasteiger partial charge in [-0.25, -0.2) is 4.98 Å². The Labute approximate surface area is 155 Å². The first-order chi connectivity index (χ1) is 12.5. The summed E-state index contributed by atoms with van der Waals surface area (Å²) < 4.78 is 5.43. The highest BCUT2D eigenvalue weighted by Gasteiger charge is 2.13. The number of aromatic nitrogens is 1. The maximum absolute atomic E-state index is 12.3. The predicted molar refractivity (Wildman–Crippen MR) is 100 cm³/mol. The van der Waals surface area contributed by atoms with Gasteiger partial charge in [0, 0.05) is 17.5 Å². The summed E-state index contributed by atoms with van der Waals surface area (Å²) in [5, 5.41) is 5.83. The third-order valence-corrected chi connectivity index (χ3v) is 3.72. The van der Waals surface area contributed by atoms with Gasteiger partial charge in [0.15, 0.2) is 0 Å². The van der Waals surface area contributed by atoms with Crippen LogP contribution in [0.3, 0.4) is 0 Å². The van der Waals surface area contributed by atoms with Crippen LogP contribution in [0.4, 0.5) is 11.4 Å². The third-order valence-electron chi connectivity index (χ3n) is 3.48. The SMILES string of the molecule is CC(=O)Nc1ccc(Cl)cc1NC(=O)Cc1coc(-c2ccccc2)n1. The van der Waals surface area contributed by atoms with E-state index in [4.69, 9.17) is 16.0 Å². The fourth-order valence-corrected chi connectivity index (χ4v) is 2.55. The number of carbonyl (C=O) groups excluding carboxylic acids is 2. The number of nitrogens with zero attached hydrogens (tertiary/aromatic N) is 1. The minimum atomic E-state index is -0.299. The smallest absolute Gasteiger partial charge is 0.230 e. The molecule has 3 aromatic rings. The second kappa shape index (κ2) is 7.84. The standard InChI is InChI=1S/C19H16ClN3O3/c1-12(24)21-16-8-7-14(20)9-17(16)23-18(25)10-15-11-26-19(22-15)13-5-3-2-4-6-13/h2-9,11H,10H2,1H3,(H,21,24)(H,23,25). The largest absolute Gasteiger partial charge is 0.444 e. The van der Waals surface area contributed by atoms with E-state index in [1.54, 1.807) is 18.2 Å². The Morgan fingerprint density at radius 1 is 1.08 bits per heavy atom. The van der Waals surface area contributed by atoms with Crippen LogP contribution < -0.4 is 10.6 Å². The number of hydrogen-bond donors (Lipinski definition) is 2. The summed E-state index contributed by atoms with van der Waals surface area (Å²) in [6, 6.07) is 14.3. The molecule has 1 heterocycles. The zero-order valence-electron chi connectivity index (χ0n) is 14.0. The van der Waals surface area contributed by atoms with Gasteiger partial charge >= 0.3 is 0 Å². The summed E-state index contributed by atoms with van der Waals surface area (Å²) in [5.41, 5.74) is 2.23. The van der Waals surface area contributed by atoms with Crippen LogP contribution in [-0.4, -0.2) is 16.8 Å². The van der Waals surface area contributed by atoms with Crippen LogP contribution in [0.25, 0.3) is 11.5 Å². The van der Waals surface area contributed by atoms with Gasteiger partial charge in [-0.3, -0.25) is 9.59 Å². The molecule has 0 atom stereocenters. The summed E-state index contributed by atoms with van der Waals surface area (Å²) in [4.78, 5) is 27.9. The fourth-order valence-electron chi connectivity index (χ4n) is 2.38. The Morgan fingerprint density at radius 3 is 2.58 bits per heavy atom. The Balaban J connectivity index is 1.71. The lowest BCUT2D eigenvalue weighted by Gasteiger charge is -2.11. The van der Waals surface area contributed by atoms with Crippen LogP contribution in [0.5, 0.6) is 0 Å². The molecule has 3 rings (SSSR count). The van der Waals surface area contributed by atoms with Crippen LogP contribution in [0, 0.1) is 0 Å². The van der Waals surface area contributed by atoms with E-state index in [0.29, 0.717) is 28.0 Å². The summed E-state index contributed by atoms with van der Waals surface area (Å²) in [6.07, 6.45) is 1.48. The van der Waals surface area contributed by atoms with Crippen molar-refractivity contribution in [1.82, 2.24) is 4.98 Å². The molecule has 0 fully saturated rings. The molecule has 26 heavy (non-hydrogen) atoms. The molecular formula is C19H16ClN3O3. The van der Waals surface area contributed by atoms with Crippen LogP contribution in [0.1, 0.15) is 12.6 Å². The third kappa shape index (κ3) is 4.49. The number of hydrogen-bond acceptors (Lipinski definition) is 4. The van der Waals surface area contributed by atoms with E-state index in [-0.39, 0.29) is 18.2 Å². The molecule has 0 aliphatic carbocycles. The summed E-state index contributed by atoms with van der Waals surface area (Å²) in [6.45, 7) is 1.39. The molecule has 0 radical (unpaired) electrons. The fraction of sp³-hybridized carbons (Fsp3) is 0.105. The lowest BCUT2D eigenvalue weighted by Crippen LogP contribution is -2.17. The highest BCUT2D eigenvalue weighted by molar-refractivity contribution is 6.31. The minimum Gasteiger partial charge on any atom is -0.444 e. The number of anilines is 2. The Morgan fingerprint density at radius 2 is 1.85 bits per heavy atom. The average molecular weight is 370 g/mol. The molecule has 0 unspecified atom stereocenters. The van der Waals surface area contributed by atoms with Crippen molar-refractivity contribution >= 4 is 34.8 Å². The zero-order chi connectivity index (χ0) is 18.5. The van der Waals surface area contributed by atoms with Gasteiger partial charge in [-0.15, -0.1) is 0 Å². The van der Waals surface area contributed by atoms with E-state index in [9.17, 15) is 9.59 Å². The van der Waals surface area contributed by atoms with Crippen LogP contribution >= 0.6 is 11.6 Å². The van der Waals surface area contributed by atoms with Gasteiger partial charge in [0.25, 0.3) is 0 Å². The van der Waals surface area contributed by atoms with E-state index in [1.807, 2.05) is 30.3 Å². The maximum Gasteiger partial charge on any atom is 0.230 e. The first kappa shape index (κ1) is 17.7. The molecule has 6 nitrogen and oxygen atoms in total. The lowest BCUT2D eigenvalue weighted by atomic mass is 10.2. The first-order valence-electron chi connectivity index (χ1n) is 7.88. The quantitative estimate of drug-likeness (QED) is 0.708. The second-order valence-corrected chi connectivity index (χ2v) is 6.04. The Hall–Kier alpha value is -3.12. The number of nitrogens with one attached hydrogen (secondary N) is 2. The van der Waals surface area contributed by atoms with Gasteiger partial charge < -0.3 is 15.1 Å². The number of rotatable bonds is 5. The molecule has 2 aromatic carbocycles. The molecule has 0 saturated heterocycles. The summed E-state index contributed by atoms with van der Waals surface area (Å²) >= 11 is 5.98. The number of halogens is 1. The van der Waals surface area contributed by atoms with Gasteiger partial charge in [0.1, 0.15) is 6.26 Å². The normalized spacial score (nSPS) is 10.4. The molecule has 0 bridgehead atoms. The second-order valence-electron chi connectivity index (χ2n) is 5.61. The average Bonchev–Trinajstić information content (AvgIpc) is 3.06. The van der Waals surface area contributed by atoms with Crippen molar-refractivity contribution in [2.24, 2.45) is 0 Å². The molecule has 0 saturated carbocycles. The molecule has 0 spiro atoms. The van der Waals surface area contributed by atoms with Crippen molar-refractivity contribution in [2.75, 3.05) is 10.6 Å². The van der Waals surface area contributed by atoms with Crippen LogP contribution in [-0.2, 0) is 16.0 Å². The maximum atomic E-state index is 12.3. The van der Waals surface area contributed by atoms with Crippen molar-refractivity contribution in [1.29, 1.82) is 0 Å². The van der Waals surface area contributed by atoms with E-state index in [0.717, 1.165) is 5.56 Å². The van der Waals surface area contributed by atoms with E-state index in [1.165, 1.54) is 13.2 Å². The Bertz CT molecular complexity index is 938. The lowest BCUT2D eigenvalue weighted by molar-refractivity contribution is -0.116. The van der Waals surface area contributed by atoms with Crippen LogP contribution in [0.2, 0.25) is 5.02 Å². The van der Waals surface area contributed by atoms with Gasteiger partial charge in [-0.2, -0.15) is 0 Å². The highest BCUT2D eigenvalue weighted by atomic mass is 35.5. The summed E-state index contributed by atoms with van der Waals surface area (Å²) in [7, 11) is 0. The van der Waals surface area contributed by atoms with Gasteiger partial charge in [-0.1, -0.05) is 29.8 Å². The molecule has 132 valence electrons. The van der Waals surface area contributed by atoms with Gasteiger partial charge in [0.05, 0.1) is 23.5 Å². The number of amides is 2. The molecule has 1 aromatic heterocycles. The van der Waals surface area contributed by atoms with Crippen molar-refractivity contribution < 1.29 is 14.0 Å². The van der Waals surface area contributed by atoms with Crippen LogP contribution in [0.15, 0.2) is 59.2 Å². The topological polar surface area (TPSA) is 84.2 Å². The predicted octanol–water partition coefficient (Wildman–Crippen LogP) is 4.13. The van der Waals surface area contributed by atoms with Gasteiger partial charge in [-0.05, 0) is 30.3 Å². The Kier molecular flexibility index (Phi) is 5.34. The molecule has 2 amide bonds. The summed E-state index contributed by atoms with van der Waals surface area (Å²) in [5.74, 6) is -0.0892. The van der Waals surface area contributed by atoms with Crippen molar-refractivity contribution in [3.63, 3.8) is 0 Å². The molecule has 7 heteroatoms. The van der Waals surface area contributed by atoms with E-state index < -0.39 is 0 Å². The van der Waals surface area contributed by atoms with E-state index >= 15 is 0 Å². The number of benzene rings is 2.